The van der Waals surface area contributed by atoms with Crippen LogP contribution in [0.25, 0.3) is 0 Å². The second kappa shape index (κ2) is 5.44. The largest absolute Gasteiger partial charge is 0.480 e. The number of amides is 2. The molecule has 0 spiro atoms. The third-order valence-electron chi connectivity index (χ3n) is 2.11. The van der Waals surface area contributed by atoms with Crippen molar-refractivity contribution in [3.63, 3.8) is 0 Å². The molecule has 1 heterocycles. The van der Waals surface area contributed by atoms with E-state index in [0.717, 1.165) is 5.56 Å². The summed E-state index contributed by atoms with van der Waals surface area (Å²) in [6.45, 7) is 1.75. The molecule has 0 aromatic carbocycles. The Morgan fingerprint density at radius 3 is 2.53 bits per heavy atom. The number of hydrogen-bond donors (Lipinski definition) is 3. The number of aliphatic carboxylic acids is 1. The number of carboxylic acids is 1. The van der Waals surface area contributed by atoms with Crippen LogP contribution in [0.5, 0.6) is 0 Å². The molecule has 7 heteroatoms. The van der Waals surface area contributed by atoms with Crippen LogP contribution in [0.15, 0.2) is 10.8 Å². The zero-order chi connectivity index (χ0) is 13.0. The van der Waals surface area contributed by atoms with E-state index in [0.29, 0.717) is 5.56 Å². The second-order valence-corrected chi connectivity index (χ2v) is 4.25. The van der Waals surface area contributed by atoms with Crippen molar-refractivity contribution in [2.24, 2.45) is 5.73 Å². The van der Waals surface area contributed by atoms with E-state index in [1.165, 1.54) is 11.3 Å². The predicted octanol–water partition coefficient (Wildman–Crippen LogP) is 0.115. The molecule has 17 heavy (non-hydrogen) atoms. The molecule has 1 rings (SSSR count). The van der Waals surface area contributed by atoms with Gasteiger partial charge in [0.2, 0.25) is 5.91 Å². The molecule has 92 valence electrons. The molecule has 2 amide bonds. The number of aryl methyl sites for hydroxylation is 1. The van der Waals surface area contributed by atoms with Crippen molar-refractivity contribution in [3.05, 3.63) is 21.9 Å². The van der Waals surface area contributed by atoms with E-state index < -0.39 is 30.2 Å². The smallest absolute Gasteiger partial charge is 0.326 e. The van der Waals surface area contributed by atoms with Gasteiger partial charge in [0.05, 0.1) is 12.0 Å². The van der Waals surface area contributed by atoms with Crippen molar-refractivity contribution in [2.45, 2.75) is 19.4 Å². The number of carbonyl (C=O) groups excluding carboxylic acids is 2. The van der Waals surface area contributed by atoms with Gasteiger partial charge in [-0.25, -0.2) is 4.79 Å². The minimum atomic E-state index is -1.29. The molecule has 1 aromatic rings. The third kappa shape index (κ3) is 3.56. The first-order valence-corrected chi connectivity index (χ1v) is 5.71. The van der Waals surface area contributed by atoms with Crippen molar-refractivity contribution in [1.29, 1.82) is 0 Å². The van der Waals surface area contributed by atoms with Gasteiger partial charge in [0.15, 0.2) is 0 Å². The lowest BCUT2D eigenvalue weighted by atomic mass is 10.1. The topological polar surface area (TPSA) is 109 Å². The molecule has 1 unspecified atom stereocenters. The van der Waals surface area contributed by atoms with Crippen LogP contribution in [-0.2, 0) is 9.59 Å². The van der Waals surface area contributed by atoms with Gasteiger partial charge in [-0.3, -0.25) is 9.59 Å². The number of primary amides is 1. The van der Waals surface area contributed by atoms with Gasteiger partial charge in [0, 0.05) is 5.38 Å². The minimum Gasteiger partial charge on any atom is -0.480 e. The standard InChI is InChI=1S/C10H12N2O4S/c1-5-3-17-4-6(5)9(14)12-7(10(15)16)2-8(11)13/h3-4,7H,2H2,1H3,(H2,11,13)(H,12,14)(H,15,16). The first-order chi connectivity index (χ1) is 7.91. The molecule has 0 aliphatic rings. The monoisotopic (exact) mass is 256 g/mol. The zero-order valence-electron chi connectivity index (χ0n) is 9.10. The lowest BCUT2D eigenvalue weighted by Gasteiger charge is -2.12. The van der Waals surface area contributed by atoms with Crippen LogP contribution in [0.4, 0.5) is 0 Å². The van der Waals surface area contributed by atoms with Crippen molar-refractivity contribution in [1.82, 2.24) is 5.32 Å². The minimum absolute atomic E-state index is 0.408. The molecule has 1 atom stereocenters. The summed E-state index contributed by atoms with van der Waals surface area (Å²) in [5.41, 5.74) is 6.07. The maximum absolute atomic E-state index is 11.7. The third-order valence-corrected chi connectivity index (χ3v) is 2.97. The molecule has 0 fully saturated rings. The lowest BCUT2D eigenvalue weighted by molar-refractivity contribution is -0.140. The second-order valence-electron chi connectivity index (χ2n) is 3.50. The molecular formula is C10H12N2O4S. The van der Waals surface area contributed by atoms with Crippen molar-refractivity contribution in [3.8, 4) is 0 Å². The van der Waals surface area contributed by atoms with E-state index in [1.54, 1.807) is 17.7 Å². The van der Waals surface area contributed by atoms with Gasteiger partial charge in [0.25, 0.3) is 5.91 Å². The SMILES string of the molecule is Cc1cscc1C(=O)NC(CC(N)=O)C(=O)O. The molecule has 1 aromatic heterocycles. The highest BCUT2D eigenvalue weighted by Gasteiger charge is 2.23. The van der Waals surface area contributed by atoms with E-state index in [4.69, 9.17) is 10.8 Å². The average Bonchev–Trinajstić information content (AvgIpc) is 2.62. The summed E-state index contributed by atoms with van der Waals surface area (Å²) < 4.78 is 0. The number of nitrogens with one attached hydrogen (secondary N) is 1. The summed E-state index contributed by atoms with van der Waals surface area (Å²) in [6, 6.07) is -1.29. The fourth-order valence-electron chi connectivity index (χ4n) is 1.23. The highest BCUT2D eigenvalue weighted by Crippen LogP contribution is 2.13. The summed E-state index contributed by atoms with van der Waals surface area (Å²) in [5.74, 6) is -2.58. The van der Waals surface area contributed by atoms with Crippen LogP contribution < -0.4 is 11.1 Å². The Labute approximate surface area is 101 Å². The number of carboxylic acid groups (broad SMARTS) is 1. The summed E-state index contributed by atoms with van der Waals surface area (Å²) in [6.07, 6.45) is -0.426. The van der Waals surface area contributed by atoms with Gasteiger partial charge in [-0.2, -0.15) is 11.3 Å². The highest BCUT2D eigenvalue weighted by molar-refractivity contribution is 7.08. The Morgan fingerprint density at radius 2 is 2.12 bits per heavy atom. The highest BCUT2D eigenvalue weighted by atomic mass is 32.1. The first-order valence-electron chi connectivity index (χ1n) is 4.76. The average molecular weight is 256 g/mol. The number of hydrogen-bond acceptors (Lipinski definition) is 4. The Morgan fingerprint density at radius 1 is 1.47 bits per heavy atom. The van der Waals surface area contributed by atoms with Crippen LogP contribution in [0, 0.1) is 6.92 Å². The predicted molar refractivity (Wildman–Crippen MR) is 61.8 cm³/mol. The maximum atomic E-state index is 11.7. The molecular weight excluding hydrogens is 244 g/mol. The van der Waals surface area contributed by atoms with Gasteiger partial charge in [-0.1, -0.05) is 0 Å². The van der Waals surface area contributed by atoms with Crippen molar-refractivity contribution in [2.75, 3.05) is 0 Å². The van der Waals surface area contributed by atoms with Crippen molar-refractivity contribution >= 4 is 29.1 Å². The summed E-state index contributed by atoms with van der Waals surface area (Å²) in [7, 11) is 0. The van der Waals surface area contributed by atoms with E-state index in [2.05, 4.69) is 5.32 Å². The Balaban J connectivity index is 2.74. The molecule has 0 radical (unpaired) electrons. The van der Waals surface area contributed by atoms with Gasteiger partial charge in [-0.05, 0) is 17.9 Å². The maximum Gasteiger partial charge on any atom is 0.326 e. The zero-order valence-corrected chi connectivity index (χ0v) is 9.91. The van der Waals surface area contributed by atoms with E-state index >= 15 is 0 Å². The molecule has 6 nitrogen and oxygen atoms in total. The fraction of sp³-hybridized carbons (Fsp3) is 0.300. The van der Waals surface area contributed by atoms with E-state index in [-0.39, 0.29) is 0 Å². The van der Waals surface area contributed by atoms with E-state index in [1.807, 2.05) is 0 Å². The van der Waals surface area contributed by atoms with E-state index in [9.17, 15) is 14.4 Å². The quantitative estimate of drug-likeness (QED) is 0.694. The number of nitrogens with two attached hydrogens (primary N) is 1. The van der Waals surface area contributed by atoms with Gasteiger partial charge in [-0.15, -0.1) is 0 Å². The molecule has 0 saturated heterocycles. The molecule has 0 bridgehead atoms. The number of thiophene rings is 1. The summed E-state index contributed by atoms with van der Waals surface area (Å²) in [5, 5.41) is 14.5. The van der Waals surface area contributed by atoms with Crippen LogP contribution in [0.2, 0.25) is 0 Å². The van der Waals surface area contributed by atoms with Crippen molar-refractivity contribution < 1.29 is 19.5 Å². The Kier molecular flexibility index (Phi) is 4.22. The number of carbonyl (C=O) groups is 3. The van der Waals surface area contributed by atoms with Gasteiger partial charge >= 0.3 is 5.97 Å². The lowest BCUT2D eigenvalue weighted by Crippen LogP contribution is -2.43. The Hall–Kier alpha value is -1.89. The van der Waals surface area contributed by atoms with Crippen LogP contribution >= 0.6 is 11.3 Å². The van der Waals surface area contributed by atoms with Crippen LogP contribution in [-0.4, -0.2) is 28.9 Å². The summed E-state index contributed by atoms with van der Waals surface area (Å²) in [4.78, 5) is 33.2. The van der Waals surface area contributed by atoms with Crippen LogP contribution in [0.3, 0.4) is 0 Å². The van der Waals surface area contributed by atoms with Crippen LogP contribution in [0.1, 0.15) is 22.3 Å². The first kappa shape index (κ1) is 13.2. The molecule has 4 N–H and O–H groups in total. The molecule has 0 aliphatic heterocycles. The van der Waals surface area contributed by atoms with Gasteiger partial charge in [0.1, 0.15) is 6.04 Å². The van der Waals surface area contributed by atoms with Gasteiger partial charge < -0.3 is 16.2 Å². The summed E-state index contributed by atoms with van der Waals surface area (Å²) >= 11 is 1.34. The molecule has 0 aliphatic carbocycles. The normalized spacial score (nSPS) is 11.8. The fourth-order valence-corrected chi connectivity index (χ4v) is 2.06. The number of rotatable bonds is 5. The molecule has 0 saturated carbocycles. The Bertz CT molecular complexity index is 455.